The van der Waals surface area contributed by atoms with Gasteiger partial charge in [0.15, 0.2) is 0 Å². The molecular weight excluding hydrogens is 406 g/mol. The molecule has 0 spiro atoms. The molecular formula is C21H21N3O5S. The lowest BCUT2D eigenvalue weighted by Crippen LogP contribution is -2.62. The van der Waals surface area contributed by atoms with Crippen LogP contribution in [-0.2, 0) is 19.6 Å². The van der Waals surface area contributed by atoms with Gasteiger partial charge in [0.05, 0.1) is 10.9 Å². The van der Waals surface area contributed by atoms with Crippen molar-refractivity contribution in [3.63, 3.8) is 0 Å². The molecule has 2 fully saturated rings. The Morgan fingerprint density at radius 2 is 1.63 bits per heavy atom. The first-order chi connectivity index (χ1) is 14.2. The number of nitrogens with one attached hydrogen (secondary N) is 1. The van der Waals surface area contributed by atoms with Crippen molar-refractivity contribution in [3.8, 4) is 0 Å². The van der Waals surface area contributed by atoms with Crippen molar-refractivity contribution in [2.24, 2.45) is 0 Å². The predicted octanol–water partition coefficient (Wildman–Crippen LogP) is 1.77. The van der Waals surface area contributed by atoms with E-state index in [1.165, 1.54) is 23.1 Å². The van der Waals surface area contributed by atoms with Crippen LogP contribution in [0.15, 0.2) is 53.4 Å². The summed E-state index contributed by atoms with van der Waals surface area (Å²) < 4.78 is 27.5. The summed E-state index contributed by atoms with van der Waals surface area (Å²) in [5.41, 5.74) is 1.60. The molecule has 0 saturated carbocycles. The van der Waals surface area contributed by atoms with Crippen molar-refractivity contribution < 1.29 is 22.8 Å². The lowest BCUT2D eigenvalue weighted by atomic mass is 10.0. The first-order valence-corrected chi connectivity index (χ1v) is 11.1. The standard InChI is InChI=1S/C21H21N3O5S/c1-14-3-2-4-18(11-14)30(28,29)22-16-7-5-15(6-8-16)21(27)23-12-17(13-23)24-19(25)9-10-20(24)26/h2-8,11,17,22H,9-10,12-13H2,1H3. The predicted molar refractivity (Wildman–Crippen MR) is 109 cm³/mol. The number of carbonyl (C=O) groups is 3. The molecule has 3 amide bonds. The second kappa shape index (κ2) is 7.56. The largest absolute Gasteiger partial charge is 0.334 e. The summed E-state index contributed by atoms with van der Waals surface area (Å²) in [7, 11) is -3.72. The first kappa shape index (κ1) is 20.1. The van der Waals surface area contributed by atoms with Gasteiger partial charge in [-0.15, -0.1) is 0 Å². The van der Waals surface area contributed by atoms with Crippen LogP contribution in [0.5, 0.6) is 0 Å². The number of aryl methyl sites for hydroxylation is 1. The highest BCUT2D eigenvalue weighted by Crippen LogP contribution is 2.24. The average molecular weight is 427 g/mol. The molecule has 2 heterocycles. The molecule has 0 aromatic heterocycles. The van der Waals surface area contributed by atoms with Gasteiger partial charge >= 0.3 is 0 Å². The van der Waals surface area contributed by atoms with E-state index < -0.39 is 10.0 Å². The van der Waals surface area contributed by atoms with Crippen molar-refractivity contribution in [3.05, 3.63) is 59.7 Å². The summed E-state index contributed by atoms with van der Waals surface area (Å²) in [6.07, 6.45) is 0.479. The van der Waals surface area contributed by atoms with Crippen LogP contribution in [0.25, 0.3) is 0 Å². The normalized spacial score (nSPS) is 17.2. The van der Waals surface area contributed by atoms with Crippen LogP contribution in [0.2, 0.25) is 0 Å². The van der Waals surface area contributed by atoms with Crippen LogP contribution in [0, 0.1) is 6.92 Å². The third kappa shape index (κ3) is 3.80. The molecule has 2 aromatic carbocycles. The van der Waals surface area contributed by atoms with Crippen molar-refractivity contribution in [1.29, 1.82) is 0 Å². The van der Waals surface area contributed by atoms with Crippen molar-refractivity contribution in [2.45, 2.75) is 30.7 Å². The van der Waals surface area contributed by atoms with Crippen LogP contribution >= 0.6 is 0 Å². The number of rotatable bonds is 5. The minimum Gasteiger partial charge on any atom is -0.334 e. The minimum atomic E-state index is -3.72. The van der Waals surface area contributed by atoms with E-state index in [1.54, 1.807) is 29.2 Å². The fourth-order valence-corrected chi connectivity index (χ4v) is 4.81. The Morgan fingerprint density at radius 1 is 1.00 bits per heavy atom. The van der Waals surface area contributed by atoms with Crippen LogP contribution in [-0.4, -0.2) is 55.1 Å². The SMILES string of the molecule is Cc1cccc(S(=O)(=O)Nc2ccc(C(=O)N3CC(N4C(=O)CCC4=O)C3)cc2)c1. The topological polar surface area (TPSA) is 104 Å². The van der Waals surface area contributed by atoms with Crippen LogP contribution in [0.4, 0.5) is 5.69 Å². The number of amides is 3. The number of hydrogen-bond donors (Lipinski definition) is 1. The van der Waals surface area contributed by atoms with Gasteiger partial charge in [-0.2, -0.15) is 0 Å². The first-order valence-electron chi connectivity index (χ1n) is 9.58. The second-order valence-corrected chi connectivity index (χ2v) is 9.20. The number of hydrogen-bond acceptors (Lipinski definition) is 5. The van der Waals surface area contributed by atoms with E-state index in [0.29, 0.717) is 24.3 Å². The Balaban J connectivity index is 1.39. The lowest BCUT2D eigenvalue weighted by Gasteiger charge is -2.43. The molecule has 8 nitrogen and oxygen atoms in total. The van der Waals surface area contributed by atoms with Gasteiger partial charge in [-0.3, -0.25) is 24.0 Å². The molecule has 1 N–H and O–H groups in total. The van der Waals surface area contributed by atoms with E-state index in [1.807, 2.05) is 13.0 Å². The molecule has 0 aliphatic carbocycles. The number of likely N-dealkylation sites (tertiary alicyclic amines) is 2. The molecule has 156 valence electrons. The zero-order valence-electron chi connectivity index (χ0n) is 16.4. The van der Waals surface area contributed by atoms with E-state index in [2.05, 4.69) is 4.72 Å². The van der Waals surface area contributed by atoms with Crippen molar-refractivity contribution >= 4 is 33.4 Å². The van der Waals surface area contributed by atoms with E-state index >= 15 is 0 Å². The maximum absolute atomic E-state index is 12.6. The number of imide groups is 1. The van der Waals surface area contributed by atoms with Gasteiger partial charge in [-0.1, -0.05) is 12.1 Å². The maximum Gasteiger partial charge on any atom is 0.261 e. The van der Waals surface area contributed by atoms with Gasteiger partial charge in [0.2, 0.25) is 11.8 Å². The third-order valence-corrected chi connectivity index (χ3v) is 6.67. The number of benzene rings is 2. The molecule has 2 saturated heterocycles. The summed E-state index contributed by atoms with van der Waals surface area (Å²) in [6, 6.07) is 12.5. The highest BCUT2D eigenvalue weighted by atomic mass is 32.2. The Hall–Kier alpha value is -3.20. The summed E-state index contributed by atoms with van der Waals surface area (Å²) >= 11 is 0. The monoisotopic (exact) mass is 427 g/mol. The van der Waals surface area contributed by atoms with E-state index in [9.17, 15) is 22.8 Å². The Bertz CT molecular complexity index is 1110. The molecule has 2 aliphatic heterocycles. The van der Waals surface area contributed by atoms with Gasteiger partial charge < -0.3 is 4.90 Å². The van der Waals surface area contributed by atoms with Gasteiger partial charge in [0.1, 0.15) is 0 Å². The highest BCUT2D eigenvalue weighted by Gasteiger charge is 2.42. The molecule has 0 unspecified atom stereocenters. The van der Waals surface area contributed by atoms with E-state index in [4.69, 9.17) is 0 Å². The summed E-state index contributed by atoms with van der Waals surface area (Å²) in [5, 5.41) is 0. The molecule has 4 rings (SSSR count). The van der Waals surface area contributed by atoms with Gasteiger partial charge in [-0.05, 0) is 48.9 Å². The summed E-state index contributed by atoms with van der Waals surface area (Å²) in [4.78, 5) is 39.2. The lowest BCUT2D eigenvalue weighted by molar-refractivity contribution is -0.144. The van der Waals surface area contributed by atoms with E-state index in [-0.39, 0.29) is 41.5 Å². The molecule has 9 heteroatoms. The van der Waals surface area contributed by atoms with Gasteiger partial charge in [0.25, 0.3) is 15.9 Å². The summed E-state index contributed by atoms with van der Waals surface area (Å²) in [5.74, 6) is -0.580. The number of nitrogens with zero attached hydrogens (tertiary/aromatic N) is 2. The van der Waals surface area contributed by atoms with Crippen LogP contribution < -0.4 is 4.72 Å². The van der Waals surface area contributed by atoms with Crippen LogP contribution in [0.1, 0.15) is 28.8 Å². The molecule has 2 aliphatic rings. The molecule has 2 aromatic rings. The van der Waals surface area contributed by atoms with Crippen LogP contribution in [0.3, 0.4) is 0 Å². The quantitative estimate of drug-likeness (QED) is 0.733. The Labute approximate surface area is 174 Å². The fourth-order valence-electron chi connectivity index (χ4n) is 3.65. The van der Waals surface area contributed by atoms with E-state index in [0.717, 1.165) is 5.56 Å². The van der Waals surface area contributed by atoms with Crippen molar-refractivity contribution in [1.82, 2.24) is 9.80 Å². The van der Waals surface area contributed by atoms with Crippen molar-refractivity contribution in [2.75, 3.05) is 17.8 Å². The van der Waals surface area contributed by atoms with Gasteiger partial charge in [0, 0.05) is 37.2 Å². The average Bonchev–Trinajstić information content (AvgIpc) is 3.00. The zero-order chi connectivity index (χ0) is 21.5. The number of sulfonamides is 1. The smallest absolute Gasteiger partial charge is 0.261 e. The third-order valence-electron chi connectivity index (χ3n) is 5.29. The highest BCUT2D eigenvalue weighted by molar-refractivity contribution is 7.92. The second-order valence-electron chi connectivity index (χ2n) is 7.52. The Morgan fingerprint density at radius 3 is 2.23 bits per heavy atom. The molecule has 0 bridgehead atoms. The summed E-state index contributed by atoms with van der Waals surface area (Å²) in [6.45, 7) is 2.45. The minimum absolute atomic E-state index is 0.167. The maximum atomic E-state index is 12.6. The van der Waals surface area contributed by atoms with Gasteiger partial charge in [-0.25, -0.2) is 8.42 Å². The molecule has 0 atom stereocenters. The molecule has 30 heavy (non-hydrogen) atoms. The number of carbonyl (C=O) groups excluding carboxylic acids is 3. The Kier molecular flexibility index (Phi) is 5.07. The zero-order valence-corrected chi connectivity index (χ0v) is 17.2. The molecule has 0 radical (unpaired) electrons. The fraction of sp³-hybridized carbons (Fsp3) is 0.286. The number of anilines is 1.